The third-order valence-electron chi connectivity index (χ3n) is 4.33. The van der Waals surface area contributed by atoms with Crippen LogP contribution in [0.5, 0.6) is 0 Å². The molecule has 16 heavy (non-hydrogen) atoms. The Balaban J connectivity index is 1.83. The van der Waals surface area contributed by atoms with E-state index in [-0.39, 0.29) is 5.60 Å². The normalized spacial score (nSPS) is 31.5. The zero-order valence-corrected chi connectivity index (χ0v) is 11.3. The third kappa shape index (κ3) is 3.37. The van der Waals surface area contributed by atoms with Crippen molar-refractivity contribution in [2.75, 3.05) is 6.61 Å². The minimum Gasteiger partial charge on any atom is -0.375 e. The lowest BCUT2D eigenvalue weighted by Gasteiger charge is -2.43. The highest BCUT2D eigenvalue weighted by Crippen LogP contribution is 2.41. The molecule has 2 heteroatoms. The van der Waals surface area contributed by atoms with Crippen molar-refractivity contribution in [1.82, 2.24) is 0 Å². The minimum atomic E-state index is 0.275. The van der Waals surface area contributed by atoms with E-state index < -0.39 is 0 Å². The number of rotatable bonds is 3. The Morgan fingerprint density at radius 3 is 2.75 bits per heavy atom. The summed E-state index contributed by atoms with van der Waals surface area (Å²) in [7, 11) is 0. The van der Waals surface area contributed by atoms with Crippen LogP contribution >= 0.6 is 11.6 Å². The predicted molar refractivity (Wildman–Crippen MR) is 69.0 cm³/mol. The maximum absolute atomic E-state index is 6.11. The molecule has 0 bridgehead atoms. The van der Waals surface area contributed by atoms with Crippen LogP contribution in [0.25, 0.3) is 0 Å². The summed E-state index contributed by atoms with van der Waals surface area (Å²) in [4.78, 5) is 0. The summed E-state index contributed by atoms with van der Waals surface area (Å²) in [5, 5.41) is 0.338. The van der Waals surface area contributed by atoms with Gasteiger partial charge in [0, 0.05) is 12.0 Å². The molecule has 2 fully saturated rings. The molecule has 0 aromatic heterocycles. The van der Waals surface area contributed by atoms with Crippen LogP contribution < -0.4 is 0 Å². The first-order valence-corrected chi connectivity index (χ1v) is 7.42. The summed E-state index contributed by atoms with van der Waals surface area (Å²) >= 11 is 6.04. The third-order valence-corrected chi connectivity index (χ3v) is 4.55. The summed E-state index contributed by atoms with van der Waals surface area (Å²) in [6.45, 7) is 3.10. The fourth-order valence-electron chi connectivity index (χ4n) is 3.39. The lowest BCUT2D eigenvalue weighted by Crippen LogP contribution is -2.41. The molecule has 0 N–H and O–H groups in total. The van der Waals surface area contributed by atoms with Crippen LogP contribution in [-0.4, -0.2) is 17.6 Å². The highest BCUT2D eigenvalue weighted by atomic mass is 35.5. The second-order valence-electron chi connectivity index (χ2n) is 5.81. The molecule has 1 saturated carbocycles. The largest absolute Gasteiger partial charge is 0.375 e. The smallest absolute Gasteiger partial charge is 0.0685 e. The van der Waals surface area contributed by atoms with E-state index in [1.807, 2.05) is 0 Å². The highest BCUT2D eigenvalue weighted by molar-refractivity contribution is 6.20. The van der Waals surface area contributed by atoms with Crippen LogP contribution in [0, 0.1) is 5.92 Å². The first-order chi connectivity index (χ1) is 7.70. The van der Waals surface area contributed by atoms with E-state index in [0.29, 0.717) is 5.38 Å². The van der Waals surface area contributed by atoms with E-state index in [0.717, 1.165) is 12.5 Å². The van der Waals surface area contributed by atoms with Crippen molar-refractivity contribution in [2.45, 2.75) is 75.7 Å². The number of hydrogen-bond donors (Lipinski definition) is 0. The summed E-state index contributed by atoms with van der Waals surface area (Å²) < 4.78 is 6.11. The van der Waals surface area contributed by atoms with E-state index in [1.54, 1.807) is 0 Å². The van der Waals surface area contributed by atoms with Crippen molar-refractivity contribution in [3.8, 4) is 0 Å². The quantitative estimate of drug-likeness (QED) is 0.663. The van der Waals surface area contributed by atoms with E-state index in [2.05, 4.69) is 6.92 Å². The molecule has 2 rings (SSSR count). The molecule has 2 unspecified atom stereocenters. The van der Waals surface area contributed by atoms with Gasteiger partial charge in [0.1, 0.15) is 0 Å². The van der Waals surface area contributed by atoms with E-state index in [4.69, 9.17) is 16.3 Å². The van der Waals surface area contributed by atoms with Crippen molar-refractivity contribution >= 4 is 11.6 Å². The van der Waals surface area contributed by atoms with E-state index in [9.17, 15) is 0 Å². The summed E-state index contributed by atoms with van der Waals surface area (Å²) in [5.74, 6) is 0.869. The van der Waals surface area contributed by atoms with Crippen LogP contribution in [-0.2, 0) is 4.74 Å². The Morgan fingerprint density at radius 2 is 2.06 bits per heavy atom. The molecule has 0 aromatic carbocycles. The summed E-state index contributed by atoms with van der Waals surface area (Å²) in [5.41, 5.74) is 0.275. The molecule has 2 atom stereocenters. The standard InChI is InChI=1S/C14H25ClO/c1-12(15)5-6-13-7-10-16-14(11-13)8-3-2-4-9-14/h12-13H,2-11H2,1H3. The van der Waals surface area contributed by atoms with Gasteiger partial charge < -0.3 is 4.74 Å². The van der Waals surface area contributed by atoms with Gasteiger partial charge >= 0.3 is 0 Å². The second kappa shape index (κ2) is 5.73. The molecule has 94 valence electrons. The highest BCUT2D eigenvalue weighted by Gasteiger charge is 2.38. The van der Waals surface area contributed by atoms with Gasteiger partial charge in [0.2, 0.25) is 0 Å². The fourth-order valence-corrected chi connectivity index (χ4v) is 3.51. The Morgan fingerprint density at radius 1 is 1.31 bits per heavy atom. The summed E-state index contributed by atoms with van der Waals surface area (Å²) in [6, 6.07) is 0. The van der Waals surface area contributed by atoms with Gasteiger partial charge in [0.25, 0.3) is 0 Å². The Labute approximate surface area is 105 Å². The Bertz CT molecular complexity index is 203. The molecule has 1 aliphatic heterocycles. The van der Waals surface area contributed by atoms with Crippen molar-refractivity contribution in [3.63, 3.8) is 0 Å². The predicted octanol–water partition coefficient (Wildman–Crippen LogP) is 4.52. The fraction of sp³-hybridized carbons (Fsp3) is 1.00. The minimum absolute atomic E-state index is 0.275. The zero-order chi connectivity index (χ0) is 11.4. The van der Waals surface area contributed by atoms with Crippen LogP contribution in [0.4, 0.5) is 0 Å². The molecule has 1 spiro atoms. The SMILES string of the molecule is CC(Cl)CCC1CCOC2(CCCCC2)C1. The molecule has 0 amide bonds. The van der Waals surface area contributed by atoms with Gasteiger partial charge in [0.05, 0.1) is 5.60 Å². The average Bonchev–Trinajstić information content (AvgIpc) is 2.28. The zero-order valence-electron chi connectivity index (χ0n) is 10.5. The van der Waals surface area contributed by atoms with Crippen molar-refractivity contribution in [1.29, 1.82) is 0 Å². The van der Waals surface area contributed by atoms with Gasteiger partial charge in [-0.15, -0.1) is 11.6 Å². The van der Waals surface area contributed by atoms with Gasteiger partial charge in [0.15, 0.2) is 0 Å². The first kappa shape index (κ1) is 12.7. The van der Waals surface area contributed by atoms with Gasteiger partial charge in [-0.25, -0.2) is 0 Å². The van der Waals surface area contributed by atoms with E-state index >= 15 is 0 Å². The number of halogens is 1. The molecular formula is C14H25ClO. The number of alkyl halides is 1. The Kier molecular flexibility index (Phi) is 4.55. The number of hydrogen-bond acceptors (Lipinski definition) is 1. The topological polar surface area (TPSA) is 9.23 Å². The lowest BCUT2D eigenvalue weighted by atomic mass is 9.75. The van der Waals surface area contributed by atoms with Crippen LogP contribution in [0.15, 0.2) is 0 Å². The molecule has 0 radical (unpaired) electrons. The van der Waals surface area contributed by atoms with Gasteiger partial charge in [-0.3, -0.25) is 0 Å². The molecule has 1 saturated heterocycles. The van der Waals surface area contributed by atoms with Crippen LogP contribution in [0.2, 0.25) is 0 Å². The molecular weight excluding hydrogens is 220 g/mol. The summed E-state index contributed by atoms with van der Waals surface area (Å²) in [6.07, 6.45) is 11.8. The second-order valence-corrected chi connectivity index (χ2v) is 6.55. The number of ether oxygens (including phenoxy) is 1. The monoisotopic (exact) mass is 244 g/mol. The van der Waals surface area contributed by atoms with Gasteiger partial charge in [-0.05, 0) is 51.4 Å². The molecule has 1 aliphatic carbocycles. The van der Waals surface area contributed by atoms with E-state index in [1.165, 1.54) is 57.8 Å². The van der Waals surface area contributed by atoms with Crippen molar-refractivity contribution in [2.24, 2.45) is 5.92 Å². The maximum atomic E-state index is 6.11. The van der Waals surface area contributed by atoms with Crippen molar-refractivity contribution < 1.29 is 4.74 Å². The van der Waals surface area contributed by atoms with Gasteiger partial charge in [-0.1, -0.05) is 19.3 Å². The Hall–Kier alpha value is 0.250. The van der Waals surface area contributed by atoms with Gasteiger partial charge in [-0.2, -0.15) is 0 Å². The molecule has 2 aliphatic rings. The molecule has 0 aromatic rings. The molecule has 1 nitrogen and oxygen atoms in total. The maximum Gasteiger partial charge on any atom is 0.0685 e. The lowest BCUT2D eigenvalue weighted by molar-refractivity contribution is -0.118. The average molecular weight is 245 g/mol. The van der Waals surface area contributed by atoms with Crippen molar-refractivity contribution in [3.05, 3.63) is 0 Å². The first-order valence-electron chi connectivity index (χ1n) is 6.98. The van der Waals surface area contributed by atoms with Crippen LogP contribution in [0.1, 0.15) is 64.7 Å². The van der Waals surface area contributed by atoms with Crippen LogP contribution in [0.3, 0.4) is 0 Å². The molecule has 1 heterocycles.